The van der Waals surface area contributed by atoms with E-state index in [1.54, 1.807) is 4.90 Å². The number of carbonyl (C=O) groups is 1. The zero-order valence-electron chi connectivity index (χ0n) is 17.6. The number of carbonyl (C=O) groups excluding carboxylic acids is 1. The molecule has 0 aromatic heterocycles. The van der Waals surface area contributed by atoms with Crippen molar-refractivity contribution in [1.82, 2.24) is 9.62 Å². The van der Waals surface area contributed by atoms with Gasteiger partial charge < -0.3 is 18.9 Å². The third-order valence-electron chi connectivity index (χ3n) is 5.08. The second-order valence-corrected chi connectivity index (χ2v) is 12.2. The highest BCUT2D eigenvalue weighted by Gasteiger charge is 2.57. The zero-order valence-corrected chi connectivity index (χ0v) is 18.4. The molecule has 1 spiro atoms. The lowest BCUT2D eigenvalue weighted by molar-refractivity contribution is -0.0569. The maximum Gasteiger partial charge on any atom is 0.410 e. The molecular weight excluding hydrogens is 352 g/mol. The molecule has 6 nitrogen and oxygen atoms in total. The summed E-state index contributed by atoms with van der Waals surface area (Å²) in [4.78, 5) is 14.1. The number of nitrogens with one attached hydrogen (secondary N) is 1. The van der Waals surface area contributed by atoms with Gasteiger partial charge in [0.1, 0.15) is 10.3 Å². The van der Waals surface area contributed by atoms with Crippen molar-refractivity contribution in [2.45, 2.75) is 90.2 Å². The van der Waals surface area contributed by atoms with Gasteiger partial charge in [-0.15, -0.1) is 4.72 Å². The third kappa shape index (κ3) is 4.86. The molecule has 0 aliphatic carbocycles. The summed E-state index contributed by atoms with van der Waals surface area (Å²) in [6.07, 6.45) is 1.16. The number of likely N-dealkylation sites (tertiary alicyclic amines) is 1. The van der Waals surface area contributed by atoms with Gasteiger partial charge >= 0.3 is 6.09 Å². The Bertz CT molecular complexity index is 517. The molecule has 0 saturated carbocycles. The average molecular weight is 389 g/mol. The van der Waals surface area contributed by atoms with Crippen LogP contribution in [0.3, 0.4) is 0 Å². The fourth-order valence-electron chi connectivity index (χ4n) is 3.59. The van der Waals surface area contributed by atoms with Gasteiger partial charge in [0.05, 0.1) is 18.2 Å². The van der Waals surface area contributed by atoms with Crippen molar-refractivity contribution < 1.29 is 18.8 Å². The molecule has 0 bridgehead atoms. The van der Waals surface area contributed by atoms with Gasteiger partial charge in [-0.25, -0.2) is 4.79 Å². The summed E-state index contributed by atoms with van der Waals surface area (Å²) in [5.74, 6) is 0. The van der Waals surface area contributed by atoms with Crippen LogP contribution in [0.1, 0.15) is 68.2 Å². The third-order valence-corrected chi connectivity index (χ3v) is 6.64. The summed E-state index contributed by atoms with van der Waals surface area (Å²) < 4.78 is 27.5. The Morgan fingerprint density at radius 1 is 1.19 bits per heavy atom. The zero-order chi connectivity index (χ0) is 20.0. The fraction of sp³-hybridized carbons (Fsp3) is 0.947. The van der Waals surface area contributed by atoms with E-state index in [4.69, 9.17) is 9.47 Å². The minimum atomic E-state index is -1.17. The molecule has 2 heterocycles. The maximum atomic E-state index is 12.7. The van der Waals surface area contributed by atoms with Gasteiger partial charge in [-0.05, 0) is 54.4 Å². The lowest BCUT2D eigenvalue weighted by Gasteiger charge is -2.44. The Kier molecular flexibility index (Phi) is 5.99. The number of amides is 1. The van der Waals surface area contributed by atoms with E-state index >= 15 is 0 Å². The second-order valence-electron chi connectivity index (χ2n) is 10.2. The minimum absolute atomic E-state index is 0.0177. The lowest BCUT2D eigenvalue weighted by Crippen LogP contribution is -2.61. The van der Waals surface area contributed by atoms with Crippen LogP contribution in [0.4, 0.5) is 4.79 Å². The van der Waals surface area contributed by atoms with Crippen molar-refractivity contribution in [3.8, 4) is 0 Å². The monoisotopic (exact) mass is 388 g/mol. The summed E-state index contributed by atoms with van der Waals surface area (Å²) in [7, 11) is 0. The summed E-state index contributed by atoms with van der Waals surface area (Å²) in [5.41, 5.74) is -0.996. The lowest BCUT2D eigenvalue weighted by atomic mass is 9.75. The highest BCUT2D eigenvalue weighted by molar-refractivity contribution is 7.90. The van der Waals surface area contributed by atoms with E-state index in [1.807, 2.05) is 41.5 Å². The minimum Gasteiger partial charge on any atom is -0.598 e. The van der Waals surface area contributed by atoms with E-state index in [-0.39, 0.29) is 27.9 Å². The van der Waals surface area contributed by atoms with E-state index in [0.29, 0.717) is 32.5 Å². The molecule has 7 heteroatoms. The van der Waals surface area contributed by atoms with Crippen LogP contribution < -0.4 is 4.72 Å². The fourth-order valence-corrected chi connectivity index (χ4v) is 4.69. The number of piperidine rings is 1. The average Bonchev–Trinajstić information content (AvgIpc) is 2.70. The van der Waals surface area contributed by atoms with E-state index < -0.39 is 17.0 Å². The molecule has 0 radical (unpaired) electrons. The number of hydrogen-bond donors (Lipinski definition) is 1. The van der Waals surface area contributed by atoms with Crippen molar-refractivity contribution in [3.63, 3.8) is 0 Å². The molecule has 2 aliphatic rings. The van der Waals surface area contributed by atoms with E-state index in [2.05, 4.69) is 18.6 Å². The van der Waals surface area contributed by atoms with Crippen LogP contribution in [-0.2, 0) is 20.8 Å². The Balaban J connectivity index is 2.08. The smallest absolute Gasteiger partial charge is 0.410 e. The summed E-state index contributed by atoms with van der Waals surface area (Å²) in [5, 5.41) is 0. The quantitative estimate of drug-likeness (QED) is 0.735. The van der Waals surface area contributed by atoms with Gasteiger partial charge in [0.15, 0.2) is 0 Å². The van der Waals surface area contributed by atoms with Gasteiger partial charge in [0.25, 0.3) is 0 Å². The van der Waals surface area contributed by atoms with Crippen molar-refractivity contribution in [1.29, 1.82) is 0 Å². The highest BCUT2D eigenvalue weighted by Crippen LogP contribution is 2.45. The first-order chi connectivity index (χ1) is 11.7. The standard InChI is InChI=1S/C19H36N2O4S/c1-16(2,3)25-15(22)21-11-9-19(10-12-21)14(18(7,8)13-24-19)20-26(23)17(4,5)6/h14,20H,9-13H2,1-8H3. The van der Waals surface area contributed by atoms with Gasteiger partial charge in [-0.2, -0.15) is 0 Å². The maximum absolute atomic E-state index is 12.7. The van der Waals surface area contributed by atoms with E-state index in [0.717, 1.165) is 0 Å². The molecule has 2 atom stereocenters. The van der Waals surface area contributed by atoms with Crippen LogP contribution in [0.15, 0.2) is 0 Å². The highest BCUT2D eigenvalue weighted by atomic mass is 32.2. The molecule has 26 heavy (non-hydrogen) atoms. The molecule has 2 unspecified atom stereocenters. The van der Waals surface area contributed by atoms with Crippen LogP contribution in [0, 0.1) is 5.41 Å². The van der Waals surface area contributed by atoms with Crippen LogP contribution in [0.25, 0.3) is 0 Å². The molecule has 0 aromatic carbocycles. The van der Waals surface area contributed by atoms with Crippen LogP contribution in [0.5, 0.6) is 0 Å². The molecule has 152 valence electrons. The summed E-state index contributed by atoms with van der Waals surface area (Å²) in [6.45, 7) is 17.6. The SMILES string of the molecule is CC(C)(C)OC(=O)N1CCC2(CC1)OCC(C)(C)C2N[S+]([O-])C(C)(C)C. The van der Waals surface area contributed by atoms with Crippen LogP contribution >= 0.6 is 0 Å². The first kappa shape index (κ1) is 21.8. The van der Waals surface area contributed by atoms with Gasteiger partial charge in [0, 0.05) is 29.9 Å². The molecule has 0 aromatic rings. The van der Waals surface area contributed by atoms with Crippen LogP contribution in [-0.4, -0.2) is 57.2 Å². The molecule has 1 N–H and O–H groups in total. The first-order valence-corrected chi connectivity index (χ1v) is 10.6. The molecule has 2 aliphatic heterocycles. The Morgan fingerprint density at radius 3 is 2.19 bits per heavy atom. The number of ether oxygens (including phenoxy) is 2. The van der Waals surface area contributed by atoms with Gasteiger partial charge in [0.2, 0.25) is 0 Å². The molecule has 2 rings (SSSR count). The number of rotatable bonds is 2. The number of hydrogen-bond acceptors (Lipinski definition) is 5. The Morgan fingerprint density at radius 2 is 1.73 bits per heavy atom. The molecule has 2 fully saturated rings. The topological polar surface area (TPSA) is 73.9 Å². The van der Waals surface area contributed by atoms with Crippen LogP contribution in [0.2, 0.25) is 0 Å². The predicted octanol–water partition coefficient (Wildman–Crippen LogP) is 3.23. The van der Waals surface area contributed by atoms with E-state index in [1.165, 1.54) is 0 Å². The molecular formula is C19H36N2O4S. The number of nitrogens with zero attached hydrogens (tertiary/aromatic N) is 1. The first-order valence-electron chi connectivity index (χ1n) is 9.46. The van der Waals surface area contributed by atoms with Crippen molar-refractivity contribution >= 4 is 17.5 Å². The summed E-state index contributed by atoms with van der Waals surface area (Å²) in [6, 6.07) is -0.0177. The van der Waals surface area contributed by atoms with Crippen molar-refractivity contribution in [3.05, 3.63) is 0 Å². The van der Waals surface area contributed by atoms with Gasteiger partial charge in [-0.3, -0.25) is 0 Å². The summed E-state index contributed by atoms with van der Waals surface area (Å²) >= 11 is -1.17. The van der Waals surface area contributed by atoms with E-state index in [9.17, 15) is 9.35 Å². The van der Waals surface area contributed by atoms with Gasteiger partial charge in [-0.1, -0.05) is 13.8 Å². The largest absolute Gasteiger partial charge is 0.598 e. The van der Waals surface area contributed by atoms with Crippen molar-refractivity contribution in [2.24, 2.45) is 5.41 Å². The second kappa shape index (κ2) is 7.15. The Labute approximate surface area is 161 Å². The molecule has 1 amide bonds. The van der Waals surface area contributed by atoms with Crippen molar-refractivity contribution in [2.75, 3.05) is 19.7 Å². The normalized spacial score (nSPS) is 26.8. The molecule has 2 saturated heterocycles. The predicted molar refractivity (Wildman–Crippen MR) is 104 cm³/mol. The Hall–Kier alpha value is -0.500.